The molecule has 0 aromatic heterocycles. The van der Waals surface area contributed by atoms with Gasteiger partial charge in [-0.25, -0.2) is 4.79 Å². The van der Waals surface area contributed by atoms with E-state index in [9.17, 15) is 19.5 Å². The van der Waals surface area contributed by atoms with Crippen LogP contribution in [0.1, 0.15) is 56.0 Å². The summed E-state index contributed by atoms with van der Waals surface area (Å²) < 4.78 is 18.3. The summed E-state index contributed by atoms with van der Waals surface area (Å²) in [5.41, 5.74) is 9.32. The first-order valence-electron chi connectivity index (χ1n) is 16.6. The topological polar surface area (TPSA) is 149 Å². The monoisotopic (exact) mass is 695 g/mol. The van der Waals surface area contributed by atoms with Crippen LogP contribution in [0.25, 0.3) is 10.8 Å². The molecule has 0 unspecified atom stereocenters. The number of carbonyl (C=O) groups is 3. The summed E-state index contributed by atoms with van der Waals surface area (Å²) in [7, 11) is 0. The van der Waals surface area contributed by atoms with Crippen LogP contribution in [0.15, 0.2) is 121 Å². The third kappa shape index (κ3) is 8.14. The molecule has 2 amide bonds. The number of carboxylic acid groups (broad SMARTS) is 1. The van der Waals surface area contributed by atoms with Gasteiger partial charge in [0.15, 0.2) is 5.75 Å². The number of hydrogen-bond acceptors (Lipinski definition) is 7. The molecule has 0 atom stereocenters. The van der Waals surface area contributed by atoms with Crippen molar-refractivity contribution in [2.45, 2.75) is 33.5 Å². The van der Waals surface area contributed by atoms with Gasteiger partial charge in [-0.15, -0.1) is 0 Å². The Morgan fingerprint density at radius 2 is 1.29 bits per heavy atom. The van der Waals surface area contributed by atoms with E-state index in [-0.39, 0.29) is 41.0 Å². The molecule has 262 valence electrons. The Hall–Kier alpha value is -6.81. The highest BCUT2D eigenvalue weighted by Crippen LogP contribution is 2.38. The van der Waals surface area contributed by atoms with Crippen molar-refractivity contribution in [3.05, 3.63) is 149 Å². The lowest BCUT2D eigenvalue weighted by Crippen LogP contribution is -2.16. The van der Waals surface area contributed by atoms with Gasteiger partial charge >= 0.3 is 5.97 Å². The third-order valence-corrected chi connectivity index (χ3v) is 8.13. The van der Waals surface area contributed by atoms with E-state index in [4.69, 9.17) is 19.9 Å². The summed E-state index contributed by atoms with van der Waals surface area (Å²) in [6.07, 6.45) is -0.148. The zero-order valence-electron chi connectivity index (χ0n) is 28.8. The van der Waals surface area contributed by atoms with E-state index in [1.165, 1.54) is 18.2 Å². The zero-order chi connectivity index (χ0) is 36.8. The molecule has 0 saturated carbocycles. The van der Waals surface area contributed by atoms with E-state index in [2.05, 4.69) is 10.6 Å². The molecule has 0 heterocycles. The number of aromatic carboxylic acids is 1. The molecule has 0 aliphatic heterocycles. The van der Waals surface area contributed by atoms with Crippen LogP contribution in [0.4, 0.5) is 17.1 Å². The SMILES string of the molecule is Cc1ccc2ccccc2c1Oc1cc(C(=O)Nc2ccc(C(=O)O)cc2OCc2ccccc2)ccc1NC(=O)c1ccc(N)c(OC(C)C)c1. The number of rotatable bonds is 12. The Labute approximate surface area is 300 Å². The number of ether oxygens (including phenoxy) is 3. The fraction of sp³-hybridized carbons (Fsp3) is 0.119. The summed E-state index contributed by atoms with van der Waals surface area (Å²) in [4.78, 5) is 39.1. The van der Waals surface area contributed by atoms with Crippen LogP contribution in [0.2, 0.25) is 0 Å². The molecule has 0 bridgehead atoms. The number of hydrogen-bond donors (Lipinski definition) is 4. The van der Waals surface area contributed by atoms with Gasteiger partial charge in [0, 0.05) is 16.5 Å². The van der Waals surface area contributed by atoms with E-state index >= 15 is 0 Å². The smallest absolute Gasteiger partial charge is 0.335 e. The van der Waals surface area contributed by atoms with Crippen LogP contribution < -0.4 is 30.6 Å². The maximum Gasteiger partial charge on any atom is 0.335 e. The Bertz CT molecular complexity index is 2290. The lowest BCUT2D eigenvalue weighted by atomic mass is 10.1. The van der Waals surface area contributed by atoms with Crippen LogP contribution in [0, 0.1) is 6.92 Å². The third-order valence-electron chi connectivity index (χ3n) is 8.13. The van der Waals surface area contributed by atoms with Gasteiger partial charge in [0.25, 0.3) is 11.8 Å². The normalized spacial score (nSPS) is 10.8. The molecular formula is C42H37N3O7. The Morgan fingerprint density at radius 1 is 0.692 bits per heavy atom. The second-order valence-electron chi connectivity index (χ2n) is 12.4. The minimum Gasteiger partial charge on any atom is -0.489 e. The van der Waals surface area contributed by atoms with Crippen LogP contribution >= 0.6 is 0 Å². The van der Waals surface area contributed by atoms with Gasteiger partial charge in [0.2, 0.25) is 0 Å². The van der Waals surface area contributed by atoms with E-state index < -0.39 is 17.8 Å². The lowest BCUT2D eigenvalue weighted by molar-refractivity contribution is 0.0696. The van der Waals surface area contributed by atoms with Crippen LogP contribution in [0.3, 0.4) is 0 Å². The lowest BCUT2D eigenvalue weighted by Gasteiger charge is -2.18. The molecule has 0 aliphatic carbocycles. The predicted molar refractivity (Wildman–Crippen MR) is 202 cm³/mol. The molecule has 0 spiro atoms. The van der Waals surface area contributed by atoms with E-state index in [0.29, 0.717) is 28.4 Å². The molecule has 6 aromatic rings. The second-order valence-corrected chi connectivity index (χ2v) is 12.4. The molecule has 6 rings (SSSR count). The average Bonchev–Trinajstić information content (AvgIpc) is 3.14. The fourth-order valence-corrected chi connectivity index (χ4v) is 5.48. The first-order valence-corrected chi connectivity index (χ1v) is 16.6. The number of anilines is 3. The van der Waals surface area contributed by atoms with Crippen LogP contribution in [-0.4, -0.2) is 29.0 Å². The van der Waals surface area contributed by atoms with E-state index in [1.807, 2.05) is 87.5 Å². The quantitative estimate of drug-likeness (QED) is 0.0927. The van der Waals surface area contributed by atoms with E-state index in [1.54, 1.807) is 36.4 Å². The van der Waals surface area contributed by atoms with Gasteiger partial charge in [-0.05, 0) is 91.9 Å². The molecule has 10 nitrogen and oxygen atoms in total. The van der Waals surface area contributed by atoms with Crippen LogP contribution in [-0.2, 0) is 6.61 Å². The zero-order valence-corrected chi connectivity index (χ0v) is 28.8. The summed E-state index contributed by atoms with van der Waals surface area (Å²) >= 11 is 0. The fourth-order valence-electron chi connectivity index (χ4n) is 5.48. The number of nitrogens with one attached hydrogen (secondary N) is 2. The van der Waals surface area contributed by atoms with Crippen molar-refractivity contribution in [3.63, 3.8) is 0 Å². The number of nitrogen functional groups attached to an aromatic ring is 1. The molecule has 5 N–H and O–H groups in total. The molecule has 0 fully saturated rings. The predicted octanol–water partition coefficient (Wildman–Crippen LogP) is 9.09. The number of carbonyl (C=O) groups excluding carboxylic acids is 2. The first-order chi connectivity index (χ1) is 25.0. The number of aryl methyl sites for hydroxylation is 1. The first kappa shape index (κ1) is 35.0. The second kappa shape index (κ2) is 15.4. The van der Waals surface area contributed by atoms with Crippen molar-refractivity contribution in [1.82, 2.24) is 0 Å². The molecule has 10 heteroatoms. The van der Waals surface area contributed by atoms with Gasteiger partial charge in [-0.2, -0.15) is 0 Å². The van der Waals surface area contributed by atoms with Gasteiger partial charge < -0.3 is 35.7 Å². The Kier molecular flexibility index (Phi) is 10.4. The number of amides is 2. The minimum atomic E-state index is -1.13. The van der Waals surface area contributed by atoms with Gasteiger partial charge in [0.1, 0.15) is 23.9 Å². The van der Waals surface area contributed by atoms with Crippen molar-refractivity contribution in [2.75, 3.05) is 16.4 Å². The maximum absolute atomic E-state index is 13.8. The standard InChI is InChI=1S/C42H37N3O7/c1-25(2)51-36-21-29(15-18-33(36)43)40(46)45-35-19-16-30(22-38(35)52-39-26(3)13-14-28-11-7-8-12-32(28)39)41(47)44-34-20-17-31(42(48)49)23-37(34)50-24-27-9-5-4-6-10-27/h4-23,25H,24,43H2,1-3H3,(H,44,47)(H,45,46)(H,48,49). The molecule has 0 radical (unpaired) electrons. The van der Waals surface area contributed by atoms with Crippen molar-refractivity contribution in [1.29, 1.82) is 0 Å². The molecular weight excluding hydrogens is 658 g/mol. The molecule has 6 aromatic carbocycles. The number of carboxylic acids is 1. The summed E-state index contributed by atoms with van der Waals surface area (Å²) in [5, 5.41) is 17.2. The molecule has 0 aliphatic rings. The number of fused-ring (bicyclic) bond motifs is 1. The van der Waals surface area contributed by atoms with Crippen LogP contribution in [0.5, 0.6) is 23.0 Å². The highest BCUT2D eigenvalue weighted by Gasteiger charge is 2.19. The van der Waals surface area contributed by atoms with E-state index in [0.717, 1.165) is 21.9 Å². The van der Waals surface area contributed by atoms with Gasteiger partial charge in [0.05, 0.1) is 28.7 Å². The van der Waals surface area contributed by atoms with Crippen molar-refractivity contribution < 1.29 is 33.7 Å². The minimum absolute atomic E-state index is 0.00582. The summed E-state index contributed by atoms with van der Waals surface area (Å²) in [6, 6.07) is 34.8. The number of benzene rings is 6. The number of nitrogens with two attached hydrogens (primary N) is 1. The molecule has 52 heavy (non-hydrogen) atoms. The Morgan fingerprint density at radius 3 is 1.98 bits per heavy atom. The maximum atomic E-state index is 13.8. The summed E-state index contributed by atoms with van der Waals surface area (Å²) in [6.45, 7) is 5.81. The Balaban J connectivity index is 1.34. The summed E-state index contributed by atoms with van der Waals surface area (Å²) in [5.74, 6) is -0.728. The largest absolute Gasteiger partial charge is 0.489 e. The molecule has 0 saturated heterocycles. The van der Waals surface area contributed by atoms with Gasteiger partial charge in [-0.3, -0.25) is 9.59 Å². The highest BCUT2D eigenvalue weighted by atomic mass is 16.5. The van der Waals surface area contributed by atoms with Crippen molar-refractivity contribution in [3.8, 4) is 23.0 Å². The average molecular weight is 696 g/mol. The van der Waals surface area contributed by atoms with Crippen molar-refractivity contribution >= 4 is 45.6 Å². The van der Waals surface area contributed by atoms with Gasteiger partial charge in [-0.1, -0.05) is 66.7 Å². The van der Waals surface area contributed by atoms with Crippen molar-refractivity contribution in [2.24, 2.45) is 0 Å². The highest BCUT2D eigenvalue weighted by molar-refractivity contribution is 6.08.